The Labute approximate surface area is 140 Å². The standard InChI is InChI=1S/C16H11ClF3NO3/c17-10-7-9(16(18,19)20)5-6-11(10)21-15(22)14-8-23-12-3-1-2-4-13(12)24-14/h1-7,14H,8H2,(H,21,22)/t14-/m1/s1. The third-order valence-electron chi connectivity index (χ3n) is 3.36. The second-order valence-electron chi connectivity index (χ2n) is 5.05. The highest BCUT2D eigenvalue weighted by Crippen LogP contribution is 2.34. The van der Waals surface area contributed by atoms with Crippen LogP contribution in [0.2, 0.25) is 5.02 Å². The van der Waals surface area contributed by atoms with Gasteiger partial charge < -0.3 is 14.8 Å². The number of ether oxygens (including phenoxy) is 2. The average Bonchev–Trinajstić information content (AvgIpc) is 2.55. The second-order valence-corrected chi connectivity index (χ2v) is 5.45. The van der Waals surface area contributed by atoms with E-state index >= 15 is 0 Å². The Bertz CT molecular complexity index is 779. The van der Waals surface area contributed by atoms with Gasteiger partial charge in [0.05, 0.1) is 16.3 Å². The van der Waals surface area contributed by atoms with Gasteiger partial charge in [0.25, 0.3) is 5.91 Å². The quantitative estimate of drug-likeness (QED) is 0.878. The fourth-order valence-corrected chi connectivity index (χ4v) is 2.38. The number of anilines is 1. The zero-order valence-electron chi connectivity index (χ0n) is 12.1. The fourth-order valence-electron chi connectivity index (χ4n) is 2.15. The Hall–Kier alpha value is -2.41. The van der Waals surface area contributed by atoms with Crippen LogP contribution >= 0.6 is 11.6 Å². The van der Waals surface area contributed by atoms with Crippen LogP contribution in [0.15, 0.2) is 42.5 Å². The Morgan fingerprint density at radius 3 is 2.54 bits per heavy atom. The molecule has 24 heavy (non-hydrogen) atoms. The molecule has 3 rings (SSSR count). The highest BCUT2D eigenvalue weighted by Gasteiger charge is 2.32. The van der Waals surface area contributed by atoms with E-state index in [9.17, 15) is 18.0 Å². The molecule has 0 fully saturated rings. The Kier molecular flexibility index (Phi) is 4.28. The summed E-state index contributed by atoms with van der Waals surface area (Å²) in [5, 5.41) is 2.23. The van der Waals surface area contributed by atoms with Crippen molar-refractivity contribution in [1.29, 1.82) is 0 Å². The van der Waals surface area contributed by atoms with Crippen molar-refractivity contribution in [3.63, 3.8) is 0 Å². The van der Waals surface area contributed by atoms with Crippen LogP contribution in [-0.2, 0) is 11.0 Å². The number of halogens is 4. The van der Waals surface area contributed by atoms with Gasteiger partial charge >= 0.3 is 6.18 Å². The van der Waals surface area contributed by atoms with Gasteiger partial charge in [-0.3, -0.25) is 4.79 Å². The van der Waals surface area contributed by atoms with E-state index in [1.807, 2.05) is 0 Å². The molecule has 0 bridgehead atoms. The van der Waals surface area contributed by atoms with Crippen LogP contribution in [-0.4, -0.2) is 18.6 Å². The number of carbonyl (C=O) groups is 1. The van der Waals surface area contributed by atoms with E-state index in [-0.39, 0.29) is 17.3 Å². The van der Waals surface area contributed by atoms with Crippen LogP contribution in [0.3, 0.4) is 0 Å². The number of nitrogens with one attached hydrogen (secondary N) is 1. The SMILES string of the molecule is O=C(Nc1ccc(C(F)(F)F)cc1Cl)[C@H]1COc2ccccc2O1. The lowest BCUT2D eigenvalue weighted by molar-refractivity contribution is -0.137. The molecule has 8 heteroatoms. The van der Waals surface area contributed by atoms with Gasteiger partial charge in [0, 0.05) is 0 Å². The van der Waals surface area contributed by atoms with Crippen molar-refractivity contribution in [2.75, 3.05) is 11.9 Å². The van der Waals surface area contributed by atoms with Gasteiger partial charge in [-0.2, -0.15) is 13.2 Å². The molecule has 0 aromatic heterocycles. The third-order valence-corrected chi connectivity index (χ3v) is 3.67. The number of hydrogen-bond acceptors (Lipinski definition) is 3. The van der Waals surface area contributed by atoms with Gasteiger partial charge in [-0.05, 0) is 30.3 Å². The van der Waals surface area contributed by atoms with Crippen molar-refractivity contribution in [2.24, 2.45) is 0 Å². The van der Waals surface area contributed by atoms with Crippen molar-refractivity contribution >= 4 is 23.2 Å². The molecule has 1 atom stereocenters. The minimum Gasteiger partial charge on any atom is -0.485 e. The Morgan fingerprint density at radius 2 is 1.88 bits per heavy atom. The molecule has 4 nitrogen and oxygen atoms in total. The number of para-hydroxylation sites is 2. The number of fused-ring (bicyclic) bond motifs is 1. The second kappa shape index (κ2) is 6.24. The number of hydrogen-bond donors (Lipinski definition) is 1. The van der Waals surface area contributed by atoms with Gasteiger partial charge in [0.15, 0.2) is 11.5 Å². The summed E-state index contributed by atoms with van der Waals surface area (Å²) in [7, 11) is 0. The number of alkyl halides is 3. The first-order chi connectivity index (χ1) is 11.3. The molecule has 1 N–H and O–H groups in total. The van der Waals surface area contributed by atoms with E-state index in [1.165, 1.54) is 0 Å². The van der Waals surface area contributed by atoms with Crippen molar-refractivity contribution < 1.29 is 27.4 Å². The average molecular weight is 358 g/mol. The maximum atomic E-state index is 12.6. The normalized spacial score (nSPS) is 16.6. The molecule has 1 aliphatic rings. The monoisotopic (exact) mass is 357 g/mol. The summed E-state index contributed by atoms with van der Waals surface area (Å²) in [6, 6.07) is 9.55. The minimum atomic E-state index is -4.50. The summed E-state index contributed by atoms with van der Waals surface area (Å²) in [4.78, 5) is 12.2. The molecule has 2 aromatic carbocycles. The van der Waals surface area contributed by atoms with Crippen LogP contribution in [0.1, 0.15) is 5.56 Å². The van der Waals surface area contributed by atoms with Crippen molar-refractivity contribution in [2.45, 2.75) is 12.3 Å². The van der Waals surface area contributed by atoms with Gasteiger partial charge in [-0.15, -0.1) is 0 Å². The lowest BCUT2D eigenvalue weighted by Crippen LogP contribution is -2.40. The Balaban J connectivity index is 1.72. The first kappa shape index (κ1) is 16.4. The van der Waals surface area contributed by atoms with Crippen LogP contribution in [0.4, 0.5) is 18.9 Å². The largest absolute Gasteiger partial charge is 0.485 e. The molecule has 1 heterocycles. The highest BCUT2D eigenvalue weighted by molar-refractivity contribution is 6.33. The van der Waals surface area contributed by atoms with E-state index in [1.54, 1.807) is 24.3 Å². The maximum absolute atomic E-state index is 12.6. The summed E-state index contributed by atoms with van der Waals surface area (Å²) in [6.45, 7) is -0.0128. The molecular weight excluding hydrogens is 347 g/mol. The predicted molar refractivity (Wildman–Crippen MR) is 81.4 cm³/mol. The number of carbonyl (C=O) groups excluding carboxylic acids is 1. The summed E-state index contributed by atoms with van der Waals surface area (Å²) in [5.74, 6) is 0.377. The number of benzene rings is 2. The van der Waals surface area contributed by atoms with E-state index in [0.717, 1.165) is 18.2 Å². The van der Waals surface area contributed by atoms with Crippen LogP contribution < -0.4 is 14.8 Å². The van der Waals surface area contributed by atoms with Crippen molar-refractivity contribution in [1.82, 2.24) is 0 Å². The van der Waals surface area contributed by atoms with E-state index in [2.05, 4.69) is 5.32 Å². The van der Waals surface area contributed by atoms with Gasteiger partial charge in [0.1, 0.15) is 6.61 Å². The molecule has 0 saturated carbocycles. The maximum Gasteiger partial charge on any atom is 0.416 e. The molecule has 0 spiro atoms. The molecule has 0 unspecified atom stereocenters. The van der Waals surface area contributed by atoms with E-state index < -0.39 is 23.8 Å². The number of amides is 1. The number of rotatable bonds is 2. The molecule has 0 aliphatic carbocycles. The molecule has 2 aromatic rings. The lowest BCUT2D eigenvalue weighted by atomic mass is 10.2. The fraction of sp³-hybridized carbons (Fsp3) is 0.188. The summed E-state index contributed by atoms with van der Waals surface area (Å²) in [5.41, 5.74) is -0.825. The first-order valence-corrected chi connectivity index (χ1v) is 7.28. The highest BCUT2D eigenvalue weighted by atomic mass is 35.5. The van der Waals surface area contributed by atoms with Gasteiger partial charge in [-0.1, -0.05) is 23.7 Å². The van der Waals surface area contributed by atoms with Crippen molar-refractivity contribution in [3.8, 4) is 11.5 Å². The molecular formula is C16H11ClF3NO3. The molecule has 1 aliphatic heterocycles. The zero-order valence-corrected chi connectivity index (χ0v) is 12.8. The Morgan fingerprint density at radius 1 is 1.17 bits per heavy atom. The minimum absolute atomic E-state index is 0.0128. The summed E-state index contributed by atoms with van der Waals surface area (Å²) < 4.78 is 48.8. The third kappa shape index (κ3) is 3.41. The van der Waals surface area contributed by atoms with Gasteiger partial charge in [-0.25, -0.2) is 0 Å². The zero-order chi connectivity index (χ0) is 17.3. The lowest BCUT2D eigenvalue weighted by Gasteiger charge is -2.25. The van der Waals surface area contributed by atoms with Crippen LogP contribution in [0, 0.1) is 0 Å². The summed E-state index contributed by atoms with van der Waals surface area (Å²) in [6.07, 6.45) is -5.44. The summed E-state index contributed by atoms with van der Waals surface area (Å²) >= 11 is 5.81. The van der Waals surface area contributed by atoms with Crippen LogP contribution in [0.25, 0.3) is 0 Å². The van der Waals surface area contributed by atoms with Crippen molar-refractivity contribution in [3.05, 3.63) is 53.1 Å². The predicted octanol–water partition coefficient (Wildman–Crippen LogP) is 4.14. The molecule has 1 amide bonds. The molecule has 126 valence electrons. The topological polar surface area (TPSA) is 47.6 Å². The molecule has 0 radical (unpaired) electrons. The van der Waals surface area contributed by atoms with Gasteiger partial charge in [0.2, 0.25) is 6.10 Å². The van der Waals surface area contributed by atoms with Crippen LogP contribution in [0.5, 0.6) is 11.5 Å². The van der Waals surface area contributed by atoms with E-state index in [0.29, 0.717) is 11.5 Å². The first-order valence-electron chi connectivity index (χ1n) is 6.90. The molecule has 0 saturated heterocycles. The van der Waals surface area contributed by atoms with E-state index in [4.69, 9.17) is 21.1 Å². The smallest absolute Gasteiger partial charge is 0.416 e.